The molecule has 8 heteroatoms. The number of carbonyl (C=O) groups is 2. The molecule has 0 saturated heterocycles. The average Bonchev–Trinajstić information content (AvgIpc) is 2.39. The standard InChI is InChI=1S/C12H15N3O5/c16-9(8-5-13-12(20)15-10(8)17)14-7-3-1-6(2-4-7)11(18)19/h5-7H,1-4H2,(H,14,16)(H,18,19)(H2,13,15,17,20). The van der Waals surface area contributed by atoms with Crippen molar-refractivity contribution in [2.24, 2.45) is 5.92 Å². The van der Waals surface area contributed by atoms with Crippen LogP contribution < -0.4 is 16.6 Å². The SMILES string of the molecule is O=C(NC1CCC(C(=O)O)CC1)c1c[nH]c(=O)[nH]c1=O. The first-order valence-corrected chi connectivity index (χ1v) is 6.33. The molecular weight excluding hydrogens is 266 g/mol. The zero-order valence-electron chi connectivity index (χ0n) is 10.6. The Morgan fingerprint density at radius 3 is 2.40 bits per heavy atom. The van der Waals surface area contributed by atoms with Gasteiger partial charge in [0.1, 0.15) is 5.56 Å². The number of rotatable bonds is 3. The molecule has 1 aliphatic rings. The van der Waals surface area contributed by atoms with Crippen LogP contribution in [0, 0.1) is 5.92 Å². The zero-order chi connectivity index (χ0) is 14.7. The number of aromatic nitrogens is 2. The number of carbonyl (C=O) groups excluding carboxylic acids is 1. The second kappa shape index (κ2) is 5.72. The molecule has 0 aromatic carbocycles. The highest BCUT2D eigenvalue weighted by molar-refractivity contribution is 5.93. The van der Waals surface area contributed by atoms with E-state index >= 15 is 0 Å². The average molecular weight is 281 g/mol. The van der Waals surface area contributed by atoms with Gasteiger partial charge in [-0.25, -0.2) is 4.79 Å². The number of carboxylic acids is 1. The van der Waals surface area contributed by atoms with Gasteiger partial charge in [-0.05, 0) is 25.7 Å². The minimum Gasteiger partial charge on any atom is -0.481 e. The van der Waals surface area contributed by atoms with Crippen LogP contribution in [0.2, 0.25) is 0 Å². The van der Waals surface area contributed by atoms with Gasteiger partial charge in [0.2, 0.25) is 0 Å². The van der Waals surface area contributed by atoms with Crippen molar-refractivity contribution in [2.45, 2.75) is 31.7 Å². The number of hydrogen-bond acceptors (Lipinski definition) is 4. The van der Waals surface area contributed by atoms with Crippen molar-refractivity contribution >= 4 is 11.9 Å². The van der Waals surface area contributed by atoms with Gasteiger partial charge in [-0.1, -0.05) is 0 Å². The van der Waals surface area contributed by atoms with Gasteiger partial charge in [-0.2, -0.15) is 0 Å². The largest absolute Gasteiger partial charge is 0.481 e. The van der Waals surface area contributed by atoms with E-state index in [2.05, 4.69) is 10.3 Å². The molecular formula is C12H15N3O5. The number of aromatic amines is 2. The van der Waals surface area contributed by atoms with Crippen LogP contribution in [0.15, 0.2) is 15.8 Å². The summed E-state index contributed by atoms with van der Waals surface area (Å²) in [6.45, 7) is 0. The van der Waals surface area contributed by atoms with Crippen LogP contribution >= 0.6 is 0 Å². The highest BCUT2D eigenvalue weighted by Crippen LogP contribution is 2.24. The molecule has 1 saturated carbocycles. The lowest BCUT2D eigenvalue weighted by Crippen LogP contribution is -2.41. The van der Waals surface area contributed by atoms with Crippen molar-refractivity contribution in [1.82, 2.24) is 15.3 Å². The Bertz CT molecular complexity index is 624. The van der Waals surface area contributed by atoms with Gasteiger partial charge in [0, 0.05) is 12.2 Å². The molecule has 1 fully saturated rings. The van der Waals surface area contributed by atoms with Gasteiger partial charge < -0.3 is 15.4 Å². The number of H-pyrrole nitrogens is 2. The molecule has 0 aliphatic heterocycles. The first-order valence-electron chi connectivity index (χ1n) is 6.33. The van der Waals surface area contributed by atoms with E-state index in [0.29, 0.717) is 25.7 Å². The van der Waals surface area contributed by atoms with Crippen molar-refractivity contribution in [3.8, 4) is 0 Å². The predicted molar refractivity (Wildman–Crippen MR) is 68.5 cm³/mol. The first kappa shape index (κ1) is 14.0. The smallest absolute Gasteiger partial charge is 0.325 e. The Balaban J connectivity index is 1.97. The molecule has 4 N–H and O–H groups in total. The van der Waals surface area contributed by atoms with E-state index in [0.717, 1.165) is 6.20 Å². The van der Waals surface area contributed by atoms with Gasteiger partial charge in [-0.15, -0.1) is 0 Å². The van der Waals surface area contributed by atoms with Gasteiger partial charge in [0.05, 0.1) is 5.92 Å². The number of carboxylic acid groups (broad SMARTS) is 1. The lowest BCUT2D eigenvalue weighted by atomic mass is 9.86. The Kier molecular flexibility index (Phi) is 4.02. The van der Waals surface area contributed by atoms with Crippen LogP contribution in [0.3, 0.4) is 0 Å². The highest BCUT2D eigenvalue weighted by Gasteiger charge is 2.27. The van der Waals surface area contributed by atoms with Crippen LogP contribution in [0.1, 0.15) is 36.0 Å². The molecule has 8 nitrogen and oxygen atoms in total. The lowest BCUT2D eigenvalue weighted by molar-refractivity contribution is -0.142. The maximum atomic E-state index is 11.9. The topological polar surface area (TPSA) is 132 Å². The van der Waals surface area contributed by atoms with E-state index < -0.39 is 23.1 Å². The summed E-state index contributed by atoms with van der Waals surface area (Å²) in [7, 11) is 0. The van der Waals surface area contributed by atoms with Crippen LogP contribution in [0.4, 0.5) is 0 Å². The second-order valence-corrected chi connectivity index (χ2v) is 4.85. The molecule has 0 unspecified atom stereocenters. The maximum absolute atomic E-state index is 11.9. The van der Waals surface area contributed by atoms with E-state index in [-0.39, 0.29) is 17.5 Å². The Hall–Kier alpha value is -2.38. The maximum Gasteiger partial charge on any atom is 0.325 e. The van der Waals surface area contributed by atoms with Crippen molar-refractivity contribution in [3.63, 3.8) is 0 Å². The molecule has 1 aromatic rings. The third kappa shape index (κ3) is 3.14. The summed E-state index contributed by atoms with van der Waals surface area (Å²) >= 11 is 0. The van der Waals surface area contributed by atoms with Crippen LogP contribution in [-0.2, 0) is 4.79 Å². The van der Waals surface area contributed by atoms with Crippen molar-refractivity contribution < 1.29 is 14.7 Å². The molecule has 1 aromatic heterocycles. The van der Waals surface area contributed by atoms with E-state index in [1.165, 1.54) is 0 Å². The fourth-order valence-corrected chi connectivity index (χ4v) is 2.33. The minimum atomic E-state index is -0.813. The third-order valence-electron chi connectivity index (χ3n) is 3.48. The first-order chi connectivity index (χ1) is 9.47. The fraction of sp³-hybridized carbons (Fsp3) is 0.500. The molecule has 2 rings (SSSR count). The summed E-state index contributed by atoms with van der Waals surface area (Å²) in [6.07, 6.45) is 3.19. The van der Waals surface area contributed by atoms with E-state index in [4.69, 9.17) is 5.11 Å². The van der Waals surface area contributed by atoms with Crippen LogP contribution in [-0.4, -0.2) is 33.0 Å². The van der Waals surface area contributed by atoms with E-state index in [1.807, 2.05) is 4.98 Å². The molecule has 0 atom stereocenters. The summed E-state index contributed by atoms with van der Waals surface area (Å²) in [5.74, 6) is -1.74. The summed E-state index contributed by atoms with van der Waals surface area (Å²) in [4.78, 5) is 49.2. The van der Waals surface area contributed by atoms with E-state index in [1.54, 1.807) is 0 Å². The number of nitrogens with one attached hydrogen (secondary N) is 3. The Morgan fingerprint density at radius 1 is 1.20 bits per heavy atom. The molecule has 0 spiro atoms. The van der Waals surface area contributed by atoms with Crippen molar-refractivity contribution in [1.29, 1.82) is 0 Å². The molecule has 0 radical (unpaired) electrons. The fourth-order valence-electron chi connectivity index (χ4n) is 2.33. The van der Waals surface area contributed by atoms with E-state index in [9.17, 15) is 19.2 Å². The van der Waals surface area contributed by atoms with Gasteiger partial charge >= 0.3 is 11.7 Å². The Morgan fingerprint density at radius 2 is 1.85 bits per heavy atom. The molecule has 1 aliphatic carbocycles. The quantitative estimate of drug-likeness (QED) is 0.589. The van der Waals surface area contributed by atoms with Crippen molar-refractivity contribution in [2.75, 3.05) is 0 Å². The van der Waals surface area contributed by atoms with Gasteiger partial charge in [-0.3, -0.25) is 19.4 Å². The molecule has 20 heavy (non-hydrogen) atoms. The number of hydrogen-bond donors (Lipinski definition) is 4. The zero-order valence-corrected chi connectivity index (χ0v) is 10.6. The Labute approximate surface area is 113 Å². The van der Waals surface area contributed by atoms with Crippen LogP contribution in [0.5, 0.6) is 0 Å². The van der Waals surface area contributed by atoms with Crippen molar-refractivity contribution in [3.05, 3.63) is 32.6 Å². The predicted octanol–water partition coefficient (Wildman–Crippen LogP) is -0.564. The van der Waals surface area contributed by atoms with Gasteiger partial charge in [0.25, 0.3) is 11.5 Å². The summed E-state index contributed by atoms with van der Waals surface area (Å²) in [6, 6.07) is -0.149. The summed E-state index contributed by atoms with van der Waals surface area (Å²) in [5.41, 5.74) is -1.58. The molecule has 108 valence electrons. The summed E-state index contributed by atoms with van der Waals surface area (Å²) in [5, 5.41) is 11.6. The minimum absolute atomic E-state index is 0.149. The number of amides is 1. The highest BCUT2D eigenvalue weighted by atomic mass is 16.4. The van der Waals surface area contributed by atoms with Gasteiger partial charge in [0.15, 0.2) is 0 Å². The van der Waals surface area contributed by atoms with Crippen LogP contribution in [0.25, 0.3) is 0 Å². The summed E-state index contributed by atoms with van der Waals surface area (Å²) < 4.78 is 0. The lowest BCUT2D eigenvalue weighted by Gasteiger charge is -2.26. The second-order valence-electron chi connectivity index (χ2n) is 4.85. The molecule has 1 heterocycles. The third-order valence-corrected chi connectivity index (χ3v) is 3.48. The normalized spacial score (nSPS) is 22.2. The molecule has 0 bridgehead atoms. The monoisotopic (exact) mass is 281 g/mol. The number of aliphatic carboxylic acids is 1. The molecule has 1 amide bonds.